The van der Waals surface area contributed by atoms with E-state index in [1.54, 1.807) is 23.5 Å². The third kappa shape index (κ3) is 3.11. The normalized spacial score (nSPS) is 10.2. The van der Waals surface area contributed by atoms with Crippen molar-refractivity contribution in [3.8, 4) is 0 Å². The number of nitrogens with one attached hydrogen (secondary N) is 1. The first-order valence-electron chi connectivity index (χ1n) is 5.25. The molecule has 2 nitrogen and oxygen atoms in total. The highest BCUT2D eigenvalue weighted by molar-refractivity contribution is 7.80. The number of aryl methyl sites for hydroxylation is 1. The van der Waals surface area contributed by atoms with E-state index in [1.165, 1.54) is 11.1 Å². The summed E-state index contributed by atoms with van der Waals surface area (Å²) in [6.45, 7) is 2.63. The fourth-order valence-electron chi connectivity index (χ4n) is 1.46. The molecule has 0 aliphatic carbocycles. The van der Waals surface area contributed by atoms with E-state index in [4.69, 9.17) is 0 Å². The lowest BCUT2D eigenvalue weighted by Gasteiger charge is -2.05. The molecule has 1 amide bonds. The molecule has 2 rings (SSSR count). The van der Waals surface area contributed by atoms with Crippen LogP contribution in [-0.2, 0) is 6.54 Å². The van der Waals surface area contributed by atoms with E-state index >= 15 is 0 Å². The molecule has 0 bridgehead atoms. The van der Waals surface area contributed by atoms with Gasteiger partial charge in [-0.3, -0.25) is 4.79 Å². The third-order valence-corrected chi connectivity index (χ3v) is 3.74. The predicted molar refractivity (Wildman–Crippen MR) is 73.9 cm³/mol. The van der Waals surface area contributed by atoms with Crippen LogP contribution in [-0.4, -0.2) is 5.91 Å². The van der Waals surface area contributed by atoms with Gasteiger partial charge in [0.15, 0.2) is 0 Å². The van der Waals surface area contributed by atoms with Crippen LogP contribution in [0.25, 0.3) is 0 Å². The summed E-state index contributed by atoms with van der Waals surface area (Å²) in [4.78, 5) is 12.7. The highest BCUT2D eigenvalue weighted by Gasteiger charge is 2.06. The number of amides is 1. The molecule has 1 N–H and O–H groups in total. The number of carbonyl (C=O) groups excluding carboxylic acids is 1. The summed E-state index contributed by atoms with van der Waals surface area (Å²) < 4.78 is 0. The Morgan fingerprint density at radius 1 is 1.29 bits per heavy atom. The largest absolute Gasteiger partial charge is 0.348 e. The fourth-order valence-corrected chi connectivity index (χ4v) is 2.46. The summed E-state index contributed by atoms with van der Waals surface area (Å²) >= 11 is 5.84. The van der Waals surface area contributed by atoms with E-state index < -0.39 is 0 Å². The number of thiol groups is 1. The summed E-state index contributed by atoms with van der Waals surface area (Å²) in [5.74, 6) is -0.0519. The predicted octanol–water partition coefficient (Wildman–Crippen LogP) is 3.28. The monoisotopic (exact) mass is 263 g/mol. The van der Waals surface area contributed by atoms with Gasteiger partial charge in [0.1, 0.15) is 0 Å². The van der Waals surface area contributed by atoms with E-state index in [-0.39, 0.29) is 5.91 Å². The molecule has 1 aromatic carbocycles. The second kappa shape index (κ2) is 5.38. The number of hydrogen-bond acceptors (Lipinski definition) is 3. The van der Waals surface area contributed by atoms with Crippen LogP contribution in [0.2, 0.25) is 0 Å². The van der Waals surface area contributed by atoms with Crippen LogP contribution >= 0.6 is 24.0 Å². The van der Waals surface area contributed by atoms with Crippen LogP contribution < -0.4 is 5.32 Å². The first kappa shape index (κ1) is 12.2. The van der Waals surface area contributed by atoms with Gasteiger partial charge >= 0.3 is 0 Å². The molecule has 0 saturated carbocycles. The van der Waals surface area contributed by atoms with Gasteiger partial charge < -0.3 is 5.32 Å². The van der Waals surface area contributed by atoms with Gasteiger partial charge in [-0.25, -0.2) is 0 Å². The highest BCUT2D eigenvalue weighted by atomic mass is 32.1. The zero-order chi connectivity index (χ0) is 12.3. The molecule has 0 saturated heterocycles. The standard InChI is InChI=1S/C13H13NOS2/c1-9-7-17-8-11(9)6-14-13(15)10-2-4-12(16)5-3-10/h2-5,7-8,16H,6H2,1H3,(H,14,15). The summed E-state index contributed by atoms with van der Waals surface area (Å²) in [5, 5.41) is 7.05. The Kier molecular flexibility index (Phi) is 3.86. The van der Waals surface area contributed by atoms with Gasteiger partial charge in [-0.15, -0.1) is 12.6 Å². The molecular weight excluding hydrogens is 250 g/mol. The molecule has 2 aromatic rings. The lowest BCUT2D eigenvalue weighted by Crippen LogP contribution is -2.22. The molecule has 1 heterocycles. The molecule has 4 heteroatoms. The third-order valence-electron chi connectivity index (χ3n) is 2.53. The van der Waals surface area contributed by atoms with Crippen molar-refractivity contribution in [2.45, 2.75) is 18.4 Å². The summed E-state index contributed by atoms with van der Waals surface area (Å²) in [6, 6.07) is 7.18. The number of rotatable bonds is 3. The quantitative estimate of drug-likeness (QED) is 0.818. The van der Waals surface area contributed by atoms with Crippen molar-refractivity contribution in [1.29, 1.82) is 0 Å². The Bertz CT molecular complexity index is 516. The average Bonchev–Trinajstić information content (AvgIpc) is 2.73. The molecule has 0 atom stereocenters. The number of hydrogen-bond donors (Lipinski definition) is 2. The number of benzene rings is 1. The van der Waals surface area contributed by atoms with E-state index in [2.05, 4.69) is 28.7 Å². The SMILES string of the molecule is Cc1cscc1CNC(=O)c1ccc(S)cc1. The van der Waals surface area contributed by atoms with Gasteiger partial charge in [-0.1, -0.05) is 0 Å². The Morgan fingerprint density at radius 2 is 2.00 bits per heavy atom. The topological polar surface area (TPSA) is 29.1 Å². The lowest BCUT2D eigenvalue weighted by atomic mass is 10.2. The maximum atomic E-state index is 11.8. The molecule has 0 radical (unpaired) electrons. The van der Waals surface area contributed by atoms with Gasteiger partial charge in [-0.05, 0) is 53.1 Å². The van der Waals surface area contributed by atoms with Gasteiger partial charge in [0.05, 0.1) is 0 Å². The summed E-state index contributed by atoms with van der Waals surface area (Å²) in [7, 11) is 0. The van der Waals surface area contributed by atoms with Crippen molar-refractivity contribution in [3.63, 3.8) is 0 Å². The molecular formula is C13H13NOS2. The van der Waals surface area contributed by atoms with Crippen LogP contribution in [0.15, 0.2) is 39.9 Å². The van der Waals surface area contributed by atoms with Crippen LogP contribution in [0.5, 0.6) is 0 Å². The molecule has 0 spiro atoms. The van der Waals surface area contributed by atoms with E-state index in [1.807, 2.05) is 19.1 Å². The van der Waals surface area contributed by atoms with Crippen LogP contribution in [0, 0.1) is 6.92 Å². The molecule has 17 heavy (non-hydrogen) atoms. The van der Waals surface area contributed by atoms with E-state index in [9.17, 15) is 4.79 Å². The van der Waals surface area contributed by atoms with Gasteiger partial charge in [-0.2, -0.15) is 11.3 Å². The first-order chi connectivity index (χ1) is 8.16. The van der Waals surface area contributed by atoms with Crippen molar-refractivity contribution in [2.24, 2.45) is 0 Å². The number of thiophene rings is 1. The van der Waals surface area contributed by atoms with E-state index in [0.717, 1.165) is 4.90 Å². The Hall–Kier alpha value is -1.26. The van der Waals surface area contributed by atoms with Gasteiger partial charge in [0, 0.05) is 17.0 Å². The van der Waals surface area contributed by atoms with Crippen molar-refractivity contribution >= 4 is 29.9 Å². The average molecular weight is 263 g/mol. The van der Waals surface area contributed by atoms with Crippen molar-refractivity contribution in [1.82, 2.24) is 5.32 Å². The summed E-state index contributed by atoms with van der Waals surface area (Å²) in [5.41, 5.74) is 3.06. The van der Waals surface area contributed by atoms with E-state index in [0.29, 0.717) is 12.1 Å². The van der Waals surface area contributed by atoms with Crippen LogP contribution in [0.1, 0.15) is 21.5 Å². The fraction of sp³-hybridized carbons (Fsp3) is 0.154. The second-order valence-corrected chi connectivity index (χ2v) is 5.07. The maximum Gasteiger partial charge on any atom is 0.251 e. The van der Waals surface area contributed by atoms with Crippen molar-refractivity contribution in [2.75, 3.05) is 0 Å². The van der Waals surface area contributed by atoms with Crippen LogP contribution in [0.3, 0.4) is 0 Å². The second-order valence-electron chi connectivity index (χ2n) is 3.81. The molecule has 0 aliphatic rings. The number of carbonyl (C=O) groups is 1. The summed E-state index contributed by atoms with van der Waals surface area (Å²) in [6.07, 6.45) is 0. The Labute approximate surface area is 110 Å². The zero-order valence-electron chi connectivity index (χ0n) is 9.43. The Morgan fingerprint density at radius 3 is 2.59 bits per heavy atom. The smallest absolute Gasteiger partial charge is 0.251 e. The molecule has 88 valence electrons. The van der Waals surface area contributed by atoms with Gasteiger partial charge in [0.2, 0.25) is 0 Å². The van der Waals surface area contributed by atoms with Crippen molar-refractivity contribution in [3.05, 3.63) is 51.7 Å². The zero-order valence-corrected chi connectivity index (χ0v) is 11.1. The lowest BCUT2D eigenvalue weighted by molar-refractivity contribution is 0.0951. The molecule has 1 aromatic heterocycles. The minimum absolute atomic E-state index is 0.0519. The van der Waals surface area contributed by atoms with Gasteiger partial charge in [0.25, 0.3) is 5.91 Å². The maximum absolute atomic E-state index is 11.8. The molecule has 0 fully saturated rings. The minimum atomic E-state index is -0.0519. The minimum Gasteiger partial charge on any atom is -0.348 e. The molecule has 0 unspecified atom stereocenters. The Balaban J connectivity index is 1.98. The first-order valence-corrected chi connectivity index (χ1v) is 6.64. The highest BCUT2D eigenvalue weighted by Crippen LogP contribution is 2.13. The van der Waals surface area contributed by atoms with Crippen LogP contribution in [0.4, 0.5) is 0 Å². The van der Waals surface area contributed by atoms with Crippen molar-refractivity contribution < 1.29 is 4.79 Å². The molecule has 0 aliphatic heterocycles.